The van der Waals surface area contributed by atoms with E-state index < -0.39 is 0 Å². The van der Waals surface area contributed by atoms with Gasteiger partial charge in [-0.05, 0) is 35.3 Å². The van der Waals surface area contributed by atoms with Crippen molar-refractivity contribution in [3.8, 4) is 0 Å². The number of ether oxygens (including phenoxy) is 1. The van der Waals surface area contributed by atoms with Crippen molar-refractivity contribution in [1.29, 1.82) is 0 Å². The summed E-state index contributed by atoms with van der Waals surface area (Å²) in [5.74, 6) is 2.49. The first-order chi connectivity index (χ1) is 8.59. The predicted octanol–water partition coefficient (Wildman–Crippen LogP) is 3.78. The lowest BCUT2D eigenvalue weighted by Gasteiger charge is -2.35. The number of methoxy groups -OCH3 is 1. The van der Waals surface area contributed by atoms with Crippen molar-refractivity contribution in [3.63, 3.8) is 0 Å². The van der Waals surface area contributed by atoms with E-state index in [1.807, 2.05) is 0 Å². The normalized spacial score (nSPS) is 22.7. The van der Waals surface area contributed by atoms with Crippen LogP contribution in [-0.4, -0.2) is 24.7 Å². The van der Waals surface area contributed by atoms with Crippen molar-refractivity contribution in [1.82, 2.24) is 0 Å². The lowest BCUT2D eigenvalue weighted by Crippen LogP contribution is -2.35. The van der Waals surface area contributed by atoms with Crippen LogP contribution in [0.1, 0.15) is 25.8 Å². The molecule has 1 unspecified atom stereocenters. The molecule has 0 radical (unpaired) electrons. The van der Waals surface area contributed by atoms with E-state index in [9.17, 15) is 0 Å². The van der Waals surface area contributed by atoms with Gasteiger partial charge in [0, 0.05) is 24.6 Å². The van der Waals surface area contributed by atoms with Crippen LogP contribution in [0.3, 0.4) is 0 Å². The van der Waals surface area contributed by atoms with Gasteiger partial charge < -0.3 is 10.1 Å². The second-order valence-electron chi connectivity index (χ2n) is 5.85. The molecule has 1 aromatic carbocycles. The lowest BCUT2D eigenvalue weighted by atomic mass is 9.88. The molecule has 0 aromatic heterocycles. The highest BCUT2D eigenvalue weighted by atomic mass is 32.2. The summed E-state index contributed by atoms with van der Waals surface area (Å²) in [5.41, 5.74) is 2.90. The first-order valence-electron chi connectivity index (χ1n) is 6.51. The lowest BCUT2D eigenvalue weighted by molar-refractivity contribution is 0.185. The average Bonchev–Trinajstić information content (AvgIpc) is 2.31. The second-order valence-corrected chi connectivity index (χ2v) is 6.88. The van der Waals surface area contributed by atoms with Crippen molar-refractivity contribution in [2.45, 2.75) is 32.9 Å². The number of anilines is 1. The van der Waals surface area contributed by atoms with Crippen LogP contribution in [0.2, 0.25) is 0 Å². The van der Waals surface area contributed by atoms with E-state index in [2.05, 4.69) is 55.2 Å². The quantitative estimate of drug-likeness (QED) is 0.895. The van der Waals surface area contributed by atoms with Gasteiger partial charge in [0.1, 0.15) is 0 Å². The molecule has 2 rings (SSSR count). The molecule has 1 fully saturated rings. The highest BCUT2D eigenvalue weighted by Gasteiger charge is 2.28. The minimum absolute atomic E-state index is 0.455. The van der Waals surface area contributed by atoms with E-state index in [0.717, 1.165) is 0 Å². The summed E-state index contributed by atoms with van der Waals surface area (Å²) < 4.78 is 5.12. The Bertz CT molecular complexity index is 375. The van der Waals surface area contributed by atoms with Crippen molar-refractivity contribution >= 4 is 17.4 Å². The standard InChI is InChI=1S/C15H23NOS/c1-15(2)8-14(10-18-11-15)16-13-6-4-12(5-7-13)9-17-3/h4-7,14,16H,8-11H2,1-3H3. The van der Waals surface area contributed by atoms with Gasteiger partial charge in [0.05, 0.1) is 6.61 Å². The van der Waals surface area contributed by atoms with Crippen molar-refractivity contribution in [2.75, 3.05) is 23.9 Å². The maximum absolute atomic E-state index is 5.12. The number of hydrogen-bond donors (Lipinski definition) is 1. The van der Waals surface area contributed by atoms with Crippen LogP contribution in [-0.2, 0) is 11.3 Å². The molecule has 1 saturated heterocycles. The van der Waals surface area contributed by atoms with E-state index in [4.69, 9.17) is 4.74 Å². The van der Waals surface area contributed by atoms with Crippen LogP contribution in [0.5, 0.6) is 0 Å². The molecule has 0 saturated carbocycles. The molecule has 0 aliphatic carbocycles. The average molecular weight is 265 g/mol. The summed E-state index contributed by atoms with van der Waals surface area (Å²) in [7, 11) is 1.73. The molecule has 3 heteroatoms. The van der Waals surface area contributed by atoms with Gasteiger partial charge in [-0.15, -0.1) is 0 Å². The Kier molecular flexibility index (Phi) is 4.57. The monoisotopic (exact) mass is 265 g/mol. The van der Waals surface area contributed by atoms with Crippen molar-refractivity contribution < 1.29 is 4.74 Å². The first-order valence-corrected chi connectivity index (χ1v) is 7.67. The molecular weight excluding hydrogens is 242 g/mol. The minimum atomic E-state index is 0.455. The summed E-state index contributed by atoms with van der Waals surface area (Å²) in [5, 5.41) is 3.64. The highest BCUT2D eigenvalue weighted by molar-refractivity contribution is 7.99. The van der Waals surface area contributed by atoms with Gasteiger partial charge in [0.25, 0.3) is 0 Å². The molecule has 1 N–H and O–H groups in total. The molecule has 1 aromatic rings. The Balaban J connectivity index is 1.92. The van der Waals surface area contributed by atoms with Gasteiger partial charge in [-0.2, -0.15) is 11.8 Å². The van der Waals surface area contributed by atoms with E-state index in [-0.39, 0.29) is 0 Å². The van der Waals surface area contributed by atoms with Gasteiger partial charge in [0.2, 0.25) is 0 Å². The van der Waals surface area contributed by atoms with Gasteiger partial charge >= 0.3 is 0 Å². The summed E-state index contributed by atoms with van der Waals surface area (Å²) in [6, 6.07) is 9.16. The third-order valence-corrected chi connectivity index (χ3v) is 4.87. The van der Waals surface area contributed by atoms with E-state index in [1.54, 1.807) is 7.11 Å². The molecule has 0 bridgehead atoms. The number of nitrogens with one attached hydrogen (secondary N) is 1. The van der Waals surface area contributed by atoms with Crippen LogP contribution in [0.4, 0.5) is 5.69 Å². The maximum Gasteiger partial charge on any atom is 0.0713 e. The van der Waals surface area contributed by atoms with Crippen LogP contribution in [0.15, 0.2) is 24.3 Å². The van der Waals surface area contributed by atoms with Crippen LogP contribution in [0, 0.1) is 5.41 Å². The number of rotatable bonds is 4. The number of thioether (sulfide) groups is 1. The number of hydrogen-bond acceptors (Lipinski definition) is 3. The van der Waals surface area contributed by atoms with Gasteiger partial charge in [-0.25, -0.2) is 0 Å². The fourth-order valence-electron chi connectivity index (χ4n) is 2.45. The van der Waals surface area contributed by atoms with Gasteiger partial charge in [0.15, 0.2) is 0 Å². The number of benzene rings is 1. The summed E-state index contributed by atoms with van der Waals surface area (Å²) in [6.07, 6.45) is 1.25. The Hall–Kier alpha value is -0.670. The molecule has 100 valence electrons. The maximum atomic E-state index is 5.12. The third kappa shape index (κ3) is 3.92. The Morgan fingerprint density at radius 1 is 1.33 bits per heavy atom. The largest absolute Gasteiger partial charge is 0.381 e. The molecular formula is C15H23NOS. The van der Waals surface area contributed by atoms with E-state index in [0.29, 0.717) is 18.1 Å². The molecule has 0 spiro atoms. The van der Waals surface area contributed by atoms with Gasteiger partial charge in [-0.3, -0.25) is 0 Å². The Morgan fingerprint density at radius 2 is 2.06 bits per heavy atom. The molecule has 18 heavy (non-hydrogen) atoms. The summed E-state index contributed by atoms with van der Waals surface area (Å²) in [4.78, 5) is 0. The zero-order valence-corrected chi connectivity index (χ0v) is 12.3. The van der Waals surface area contributed by atoms with Crippen LogP contribution in [0.25, 0.3) is 0 Å². The molecule has 1 heterocycles. The molecule has 1 aliphatic rings. The highest BCUT2D eigenvalue weighted by Crippen LogP contribution is 2.34. The summed E-state index contributed by atoms with van der Waals surface area (Å²) in [6.45, 7) is 5.40. The second kappa shape index (κ2) is 5.98. The Labute approximate surface area is 114 Å². The van der Waals surface area contributed by atoms with Crippen LogP contribution >= 0.6 is 11.8 Å². The first kappa shape index (κ1) is 13.8. The predicted molar refractivity (Wildman–Crippen MR) is 80.3 cm³/mol. The van der Waals surface area contributed by atoms with E-state index >= 15 is 0 Å². The Morgan fingerprint density at radius 3 is 2.67 bits per heavy atom. The topological polar surface area (TPSA) is 21.3 Å². The minimum Gasteiger partial charge on any atom is -0.381 e. The molecule has 1 aliphatic heterocycles. The molecule has 0 amide bonds. The van der Waals surface area contributed by atoms with Crippen LogP contribution < -0.4 is 5.32 Å². The van der Waals surface area contributed by atoms with E-state index in [1.165, 1.54) is 29.2 Å². The van der Waals surface area contributed by atoms with Crippen molar-refractivity contribution in [2.24, 2.45) is 5.41 Å². The third-order valence-electron chi connectivity index (χ3n) is 3.25. The van der Waals surface area contributed by atoms with Gasteiger partial charge in [-0.1, -0.05) is 26.0 Å². The zero-order chi connectivity index (χ0) is 13.0. The smallest absolute Gasteiger partial charge is 0.0713 e. The molecule has 2 nitrogen and oxygen atoms in total. The fourth-order valence-corrected chi connectivity index (χ4v) is 3.73. The van der Waals surface area contributed by atoms with Crippen molar-refractivity contribution in [3.05, 3.63) is 29.8 Å². The summed E-state index contributed by atoms with van der Waals surface area (Å²) >= 11 is 2.06. The SMILES string of the molecule is COCc1ccc(NC2CSCC(C)(C)C2)cc1. The zero-order valence-electron chi connectivity index (χ0n) is 11.5. The fraction of sp³-hybridized carbons (Fsp3) is 0.600. The molecule has 1 atom stereocenters.